The van der Waals surface area contributed by atoms with E-state index in [0.29, 0.717) is 10.8 Å². The Morgan fingerprint density at radius 2 is 1.90 bits per heavy atom. The first-order valence-electron chi connectivity index (χ1n) is 6.40. The second-order valence-electron chi connectivity index (χ2n) is 4.60. The molecule has 0 radical (unpaired) electrons. The topological polar surface area (TPSA) is 49.6 Å². The SMILES string of the molecule is C/C(=N/NC(=S)Nc1ccc(F)cc1)c1cc(C)oc1C. The van der Waals surface area contributed by atoms with Crippen molar-refractivity contribution < 1.29 is 8.81 Å². The maximum atomic E-state index is 12.8. The number of nitrogens with one attached hydrogen (secondary N) is 2. The van der Waals surface area contributed by atoms with Crippen molar-refractivity contribution in [3.8, 4) is 0 Å². The molecule has 4 nitrogen and oxygen atoms in total. The summed E-state index contributed by atoms with van der Waals surface area (Å²) in [6.07, 6.45) is 0. The molecule has 2 rings (SSSR count). The van der Waals surface area contributed by atoms with E-state index in [4.69, 9.17) is 16.6 Å². The highest BCUT2D eigenvalue weighted by Gasteiger charge is 2.07. The minimum atomic E-state index is -0.293. The van der Waals surface area contributed by atoms with E-state index in [1.54, 1.807) is 12.1 Å². The third kappa shape index (κ3) is 4.13. The Morgan fingerprint density at radius 3 is 2.48 bits per heavy atom. The Bertz CT molecular complexity index is 677. The molecule has 21 heavy (non-hydrogen) atoms. The molecule has 0 aliphatic heterocycles. The summed E-state index contributed by atoms with van der Waals surface area (Å²) < 4.78 is 18.3. The number of halogens is 1. The number of rotatable bonds is 3. The molecule has 0 saturated heterocycles. The summed E-state index contributed by atoms with van der Waals surface area (Å²) >= 11 is 5.13. The Kier molecular flexibility index (Phi) is 4.70. The predicted octanol–water partition coefficient (Wildman–Crippen LogP) is 3.75. The highest BCUT2D eigenvalue weighted by atomic mass is 32.1. The van der Waals surface area contributed by atoms with Crippen molar-refractivity contribution in [1.29, 1.82) is 0 Å². The molecule has 6 heteroatoms. The summed E-state index contributed by atoms with van der Waals surface area (Å²) in [4.78, 5) is 0. The third-order valence-corrected chi connectivity index (χ3v) is 3.05. The monoisotopic (exact) mass is 305 g/mol. The summed E-state index contributed by atoms with van der Waals surface area (Å²) in [6, 6.07) is 7.84. The highest BCUT2D eigenvalue weighted by molar-refractivity contribution is 7.80. The normalized spacial score (nSPS) is 11.3. The van der Waals surface area contributed by atoms with Gasteiger partial charge in [0.1, 0.15) is 17.3 Å². The Morgan fingerprint density at radius 1 is 1.24 bits per heavy atom. The summed E-state index contributed by atoms with van der Waals surface area (Å²) in [5, 5.41) is 7.46. The van der Waals surface area contributed by atoms with Crippen molar-refractivity contribution in [1.82, 2.24) is 5.43 Å². The smallest absolute Gasteiger partial charge is 0.191 e. The molecular formula is C15H16FN3OS. The maximum Gasteiger partial charge on any atom is 0.191 e. The highest BCUT2D eigenvalue weighted by Crippen LogP contribution is 2.14. The lowest BCUT2D eigenvalue weighted by Crippen LogP contribution is -2.25. The van der Waals surface area contributed by atoms with Gasteiger partial charge in [-0.2, -0.15) is 5.10 Å². The summed E-state index contributed by atoms with van der Waals surface area (Å²) in [6.45, 7) is 5.64. The van der Waals surface area contributed by atoms with E-state index in [9.17, 15) is 4.39 Å². The van der Waals surface area contributed by atoms with Crippen LogP contribution in [0.2, 0.25) is 0 Å². The minimum absolute atomic E-state index is 0.293. The minimum Gasteiger partial charge on any atom is -0.466 e. The maximum absolute atomic E-state index is 12.8. The second-order valence-corrected chi connectivity index (χ2v) is 5.01. The second kappa shape index (κ2) is 6.49. The lowest BCUT2D eigenvalue weighted by Gasteiger charge is -2.07. The van der Waals surface area contributed by atoms with Crippen LogP contribution in [0.15, 0.2) is 39.9 Å². The molecule has 1 aromatic carbocycles. The van der Waals surface area contributed by atoms with Crippen LogP contribution in [0.4, 0.5) is 10.1 Å². The molecule has 0 unspecified atom stereocenters. The number of furan rings is 1. The molecule has 2 aromatic rings. The van der Waals surface area contributed by atoms with Crippen molar-refractivity contribution in [2.24, 2.45) is 5.10 Å². The number of anilines is 1. The van der Waals surface area contributed by atoms with Gasteiger partial charge in [0.15, 0.2) is 5.11 Å². The van der Waals surface area contributed by atoms with Crippen molar-refractivity contribution in [2.75, 3.05) is 5.32 Å². The van der Waals surface area contributed by atoms with Gasteiger partial charge >= 0.3 is 0 Å². The zero-order chi connectivity index (χ0) is 15.4. The lowest BCUT2D eigenvalue weighted by atomic mass is 10.2. The number of aryl methyl sites for hydroxylation is 2. The quantitative estimate of drug-likeness (QED) is 0.515. The summed E-state index contributed by atoms with van der Waals surface area (Å²) in [5.74, 6) is 1.36. The largest absolute Gasteiger partial charge is 0.466 e. The number of thiocarbonyl (C=S) groups is 1. The van der Waals surface area contributed by atoms with Crippen LogP contribution in [0.5, 0.6) is 0 Å². The zero-order valence-corrected chi connectivity index (χ0v) is 12.8. The van der Waals surface area contributed by atoms with Crippen LogP contribution in [0.1, 0.15) is 24.0 Å². The fourth-order valence-corrected chi connectivity index (χ4v) is 2.04. The van der Waals surface area contributed by atoms with Gasteiger partial charge in [-0.05, 0) is 63.3 Å². The summed E-state index contributed by atoms with van der Waals surface area (Å²) in [7, 11) is 0. The van der Waals surface area contributed by atoms with Crippen LogP contribution in [0.3, 0.4) is 0 Å². The molecule has 0 bridgehead atoms. The van der Waals surface area contributed by atoms with Crippen molar-refractivity contribution in [3.05, 3.63) is 53.2 Å². The predicted molar refractivity (Wildman–Crippen MR) is 86.1 cm³/mol. The number of hydrazone groups is 1. The molecule has 2 N–H and O–H groups in total. The average Bonchev–Trinajstić information content (AvgIpc) is 2.78. The average molecular weight is 305 g/mol. The lowest BCUT2D eigenvalue weighted by molar-refractivity contribution is 0.504. The molecular weight excluding hydrogens is 289 g/mol. The fourth-order valence-electron chi connectivity index (χ4n) is 1.88. The molecule has 1 aromatic heterocycles. The van der Waals surface area contributed by atoms with Gasteiger partial charge in [-0.1, -0.05) is 0 Å². The number of hydrogen-bond acceptors (Lipinski definition) is 3. The molecule has 0 aliphatic carbocycles. The van der Waals surface area contributed by atoms with E-state index in [0.717, 1.165) is 22.8 Å². The summed E-state index contributed by atoms with van der Waals surface area (Å²) in [5.41, 5.74) is 5.15. The van der Waals surface area contributed by atoms with Crippen molar-refractivity contribution in [2.45, 2.75) is 20.8 Å². The first-order valence-corrected chi connectivity index (χ1v) is 6.81. The van der Waals surface area contributed by atoms with Gasteiger partial charge in [0, 0.05) is 11.3 Å². The Hall–Kier alpha value is -2.21. The first-order chi connectivity index (χ1) is 9.95. The van der Waals surface area contributed by atoms with Crippen LogP contribution < -0.4 is 10.7 Å². The third-order valence-electron chi connectivity index (χ3n) is 2.86. The van der Waals surface area contributed by atoms with Crippen LogP contribution in [0, 0.1) is 19.7 Å². The van der Waals surface area contributed by atoms with E-state index < -0.39 is 0 Å². The fraction of sp³-hybridized carbons (Fsp3) is 0.200. The van der Waals surface area contributed by atoms with Gasteiger partial charge in [0.25, 0.3) is 0 Å². The Labute approximate surface area is 128 Å². The van der Waals surface area contributed by atoms with Gasteiger partial charge < -0.3 is 9.73 Å². The van der Waals surface area contributed by atoms with Crippen LogP contribution in [-0.2, 0) is 0 Å². The Balaban J connectivity index is 1.98. The van der Waals surface area contributed by atoms with Gasteiger partial charge in [0.2, 0.25) is 0 Å². The van der Waals surface area contributed by atoms with Crippen LogP contribution in [-0.4, -0.2) is 10.8 Å². The first kappa shape index (κ1) is 15.2. The van der Waals surface area contributed by atoms with Gasteiger partial charge in [-0.3, -0.25) is 5.43 Å². The number of hydrogen-bond donors (Lipinski definition) is 2. The molecule has 1 heterocycles. The van der Waals surface area contributed by atoms with E-state index >= 15 is 0 Å². The molecule has 0 spiro atoms. The van der Waals surface area contributed by atoms with Gasteiger partial charge in [-0.25, -0.2) is 4.39 Å². The molecule has 0 aliphatic rings. The van der Waals surface area contributed by atoms with Gasteiger partial charge in [-0.15, -0.1) is 0 Å². The zero-order valence-electron chi connectivity index (χ0n) is 12.0. The molecule has 0 amide bonds. The van der Waals surface area contributed by atoms with E-state index in [1.165, 1.54) is 12.1 Å². The standard InChI is InChI=1S/C15H16FN3OS/c1-9-8-14(11(3)20-9)10(2)18-19-15(21)17-13-6-4-12(16)5-7-13/h4-8H,1-3H3,(H2,17,19,21)/b18-10-. The van der Waals surface area contributed by atoms with E-state index in [1.807, 2.05) is 26.8 Å². The van der Waals surface area contributed by atoms with Crippen molar-refractivity contribution >= 4 is 28.7 Å². The number of nitrogens with zero attached hydrogens (tertiary/aromatic N) is 1. The van der Waals surface area contributed by atoms with E-state index in [-0.39, 0.29) is 5.82 Å². The molecule has 0 saturated carbocycles. The van der Waals surface area contributed by atoms with E-state index in [2.05, 4.69) is 15.8 Å². The van der Waals surface area contributed by atoms with Crippen LogP contribution >= 0.6 is 12.2 Å². The van der Waals surface area contributed by atoms with Gasteiger partial charge in [0.05, 0.1) is 5.71 Å². The van der Waals surface area contributed by atoms with Crippen LogP contribution in [0.25, 0.3) is 0 Å². The van der Waals surface area contributed by atoms with Crippen molar-refractivity contribution in [3.63, 3.8) is 0 Å². The number of benzene rings is 1. The molecule has 110 valence electrons. The molecule has 0 fully saturated rings. The molecule has 0 atom stereocenters.